The number of amides is 2. The maximum Gasteiger partial charge on any atom is 0.242 e. The highest BCUT2D eigenvalue weighted by molar-refractivity contribution is 5.84. The third kappa shape index (κ3) is 5.27. The summed E-state index contributed by atoms with van der Waals surface area (Å²) in [6.07, 6.45) is 1.20. The molecule has 0 aliphatic carbocycles. The number of carbonyl (C=O) groups excluding carboxylic acids is 2. The monoisotopic (exact) mass is 308 g/mol. The summed E-state index contributed by atoms with van der Waals surface area (Å²) < 4.78 is 10.5. The Morgan fingerprint density at radius 1 is 1.23 bits per heavy atom. The van der Waals surface area contributed by atoms with E-state index in [4.69, 9.17) is 9.47 Å². The lowest BCUT2D eigenvalue weighted by Gasteiger charge is -2.19. The van der Waals surface area contributed by atoms with Gasteiger partial charge in [0.05, 0.1) is 20.8 Å². The molecule has 0 heterocycles. The van der Waals surface area contributed by atoms with Crippen molar-refractivity contribution in [1.29, 1.82) is 0 Å². The predicted octanol–water partition coefficient (Wildman–Crippen LogP) is 1.58. The van der Waals surface area contributed by atoms with E-state index in [9.17, 15) is 9.59 Å². The number of hydrogen-bond acceptors (Lipinski definition) is 4. The van der Waals surface area contributed by atoms with E-state index in [0.717, 1.165) is 12.0 Å². The molecule has 0 saturated heterocycles. The van der Waals surface area contributed by atoms with Gasteiger partial charge in [0, 0.05) is 31.6 Å². The number of methoxy groups -OCH3 is 2. The third-order valence-corrected chi connectivity index (χ3v) is 3.24. The van der Waals surface area contributed by atoms with Crippen LogP contribution in [0.1, 0.15) is 25.3 Å². The highest BCUT2D eigenvalue weighted by Crippen LogP contribution is 2.25. The maximum absolute atomic E-state index is 12.0. The van der Waals surface area contributed by atoms with Gasteiger partial charge in [0.25, 0.3) is 0 Å². The Bertz CT molecular complexity index is 517. The minimum atomic E-state index is -0.151. The molecule has 1 aromatic rings. The first kappa shape index (κ1) is 17.8. The molecular formula is C16H24N2O4. The topological polar surface area (TPSA) is 67.9 Å². The van der Waals surface area contributed by atoms with Gasteiger partial charge >= 0.3 is 0 Å². The summed E-state index contributed by atoms with van der Waals surface area (Å²) in [5.41, 5.74) is 0.874. The number of hydrogen-bond donors (Lipinski definition) is 1. The van der Waals surface area contributed by atoms with Crippen LogP contribution in [0.25, 0.3) is 0 Å². The number of nitrogens with one attached hydrogen (secondary N) is 1. The van der Waals surface area contributed by atoms with Crippen LogP contribution in [0.4, 0.5) is 0 Å². The van der Waals surface area contributed by atoms with Crippen LogP contribution in [0.2, 0.25) is 0 Å². The van der Waals surface area contributed by atoms with Crippen molar-refractivity contribution >= 4 is 11.8 Å². The molecule has 1 aromatic carbocycles. The molecule has 1 N–H and O–H groups in total. The molecule has 0 spiro atoms. The van der Waals surface area contributed by atoms with Crippen LogP contribution in [0.3, 0.4) is 0 Å². The van der Waals surface area contributed by atoms with E-state index in [0.29, 0.717) is 24.5 Å². The Hall–Kier alpha value is -2.24. The molecule has 6 nitrogen and oxygen atoms in total. The van der Waals surface area contributed by atoms with Crippen molar-refractivity contribution in [2.24, 2.45) is 0 Å². The maximum atomic E-state index is 12.0. The van der Waals surface area contributed by atoms with E-state index in [1.54, 1.807) is 32.2 Å². The summed E-state index contributed by atoms with van der Waals surface area (Å²) in [6, 6.07) is 5.45. The first-order chi connectivity index (χ1) is 10.5. The standard InChI is InChI=1S/C16H24N2O4/c1-5-6-15(19)17-10-16(20)18(2)11-12-7-8-13(21-3)9-14(12)22-4/h7-9H,5-6,10-11H2,1-4H3,(H,17,19). The summed E-state index contributed by atoms with van der Waals surface area (Å²) in [4.78, 5) is 25.0. The second kappa shape index (κ2) is 8.92. The van der Waals surface area contributed by atoms with Crippen molar-refractivity contribution in [3.63, 3.8) is 0 Å². The minimum absolute atomic E-state index is 0.00774. The smallest absolute Gasteiger partial charge is 0.242 e. The van der Waals surface area contributed by atoms with Gasteiger partial charge in [-0.2, -0.15) is 0 Å². The average molecular weight is 308 g/mol. The van der Waals surface area contributed by atoms with E-state index >= 15 is 0 Å². The summed E-state index contributed by atoms with van der Waals surface area (Å²) >= 11 is 0. The molecule has 122 valence electrons. The second-order valence-electron chi connectivity index (χ2n) is 4.95. The first-order valence-corrected chi connectivity index (χ1v) is 7.23. The highest BCUT2D eigenvalue weighted by Gasteiger charge is 2.13. The summed E-state index contributed by atoms with van der Waals surface area (Å²) in [7, 11) is 4.85. The van der Waals surface area contributed by atoms with Gasteiger partial charge in [-0.25, -0.2) is 0 Å². The van der Waals surface area contributed by atoms with Gasteiger partial charge in [-0.3, -0.25) is 9.59 Å². The molecule has 2 amide bonds. The molecule has 0 aliphatic rings. The van der Waals surface area contributed by atoms with E-state index in [1.807, 2.05) is 19.1 Å². The lowest BCUT2D eigenvalue weighted by atomic mass is 10.1. The van der Waals surface area contributed by atoms with Crippen LogP contribution in [0, 0.1) is 0 Å². The number of benzene rings is 1. The van der Waals surface area contributed by atoms with Gasteiger partial charge < -0.3 is 19.7 Å². The molecule has 0 saturated carbocycles. The van der Waals surface area contributed by atoms with E-state index in [2.05, 4.69) is 5.32 Å². The van der Waals surface area contributed by atoms with Crippen LogP contribution in [0.5, 0.6) is 11.5 Å². The lowest BCUT2D eigenvalue weighted by molar-refractivity contribution is -0.132. The molecule has 0 unspecified atom stereocenters. The second-order valence-corrected chi connectivity index (χ2v) is 4.95. The predicted molar refractivity (Wildman–Crippen MR) is 83.9 cm³/mol. The largest absolute Gasteiger partial charge is 0.497 e. The van der Waals surface area contributed by atoms with Crippen molar-refractivity contribution in [3.8, 4) is 11.5 Å². The Balaban J connectivity index is 2.62. The van der Waals surface area contributed by atoms with Gasteiger partial charge in [0.1, 0.15) is 11.5 Å². The molecule has 0 aliphatic heterocycles. The van der Waals surface area contributed by atoms with Gasteiger partial charge in [0.2, 0.25) is 11.8 Å². The Morgan fingerprint density at radius 3 is 2.55 bits per heavy atom. The summed E-state index contributed by atoms with van der Waals surface area (Å²) in [5.74, 6) is 1.10. The van der Waals surface area contributed by atoms with Crippen LogP contribution in [-0.2, 0) is 16.1 Å². The summed E-state index contributed by atoms with van der Waals surface area (Å²) in [6.45, 7) is 2.33. The van der Waals surface area contributed by atoms with Gasteiger partial charge in [-0.05, 0) is 18.6 Å². The summed E-state index contributed by atoms with van der Waals surface area (Å²) in [5, 5.41) is 2.62. The third-order valence-electron chi connectivity index (χ3n) is 3.24. The van der Waals surface area contributed by atoms with Crippen molar-refractivity contribution in [1.82, 2.24) is 10.2 Å². The fourth-order valence-electron chi connectivity index (χ4n) is 1.95. The average Bonchev–Trinajstić information content (AvgIpc) is 2.53. The van der Waals surface area contributed by atoms with Gasteiger partial charge in [-0.1, -0.05) is 6.92 Å². The van der Waals surface area contributed by atoms with E-state index < -0.39 is 0 Å². The van der Waals surface area contributed by atoms with Crippen molar-refractivity contribution in [2.45, 2.75) is 26.3 Å². The molecule has 0 fully saturated rings. The molecule has 0 atom stereocenters. The molecule has 1 rings (SSSR count). The Kier molecular flexibility index (Phi) is 7.22. The zero-order chi connectivity index (χ0) is 16.5. The number of carbonyl (C=O) groups is 2. The van der Waals surface area contributed by atoms with Crippen molar-refractivity contribution < 1.29 is 19.1 Å². The molecule has 6 heteroatoms. The van der Waals surface area contributed by atoms with Crippen LogP contribution in [-0.4, -0.2) is 44.5 Å². The molecule has 0 radical (unpaired) electrons. The number of nitrogens with zero attached hydrogens (tertiary/aromatic N) is 1. The van der Waals surface area contributed by atoms with Gasteiger partial charge in [-0.15, -0.1) is 0 Å². The van der Waals surface area contributed by atoms with Crippen LogP contribution in [0.15, 0.2) is 18.2 Å². The van der Waals surface area contributed by atoms with Crippen molar-refractivity contribution in [3.05, 3.63) is 23.8 Å². The molecule has 0 aromatic heterocycles. The van der Waals surface area contributed by atoms with Crippen LogP contribution >= 0.6 is 0 Å². The zero-order valence-corrected chi connectivity index (χ0v) is 13.6. The van der Waals surface area contributed by atoms with Crippen LogP contribution < -0.4 is 14.8 Å². The molecule has 0 bridgehead atoms. The molecular weight excluding hydrogens is 284 g/mol. The quantitative estimate of drug-likeness (QED) is 0.792. The number of likely N-dealkylation sites (N-methyl/N-ethyl adjacent to an activating group) is 1. The minimum Gasteiger partial charge on any atom is -0.497 e. The highest BCUT2D eigenvalue weighted by atomic mass is 16.5. The lowest BCUT2D eigenvalue weighted by Crippen LogP contribution is -2.37. The zero-order valence-electron chi connectivity index (χ0n) is 13.6. The Labute approximate surface area is 131 Å². The normalized spacial score (nSPS) is 10.0. The Morgan fingerprint density at radius 2 is 1.95 bits per heavy atom. The van der Waals surface area contributed by atoms with Crippen molar-refractivity contribution in [2.75, 3.05) is 27.8 Å². The first-order valence-electron chi connectivity index (χ1n) is 7.23. The van der Waals surface area contributed by atoms with Gasteiger partial charge in [0.15, 0.2) is 0 Å². The fraction of sp³-hybridized carbons (Fsp3) is 0.500. The SMILES string of the molecule is CCCC(=O)NCC(=O)N(C)Cc1ccc(OC)cc1OC. The molecule has 22 heavy (non-hydrogen) atoms. The number of rotatable bonds is 8. The van der Waals surface area contributed by atoms with E-state index in [-0.39, 0.29) is 18.4 Å². The van der Waals surface area contributed by atoms with E-state index in [1.165, 1.54) is 0 Å². The number of ether oxygens (including phenoxy) is 2. The fourth-order valence-corrected chi connectivity index (χ4v) is 1.95.